The van der Waals surface area contributed by atoms with E-state index in [1.165, 1.54) is 16.8 Å². The zero-order valence-corrected chi connectivity index (χ0v) is 7.70. The van der Waals surface area contributed by atoms with Gasteiger partial charge in [0.15, 0.2) is 0 Å². The molecule has 0 fully saturated rings. The van der Waals surface area contributed by atoms with Gasteiger partial charge >= 0.3 is 0 Å². The molecule has 2 heterocycles. The number of rotatable bonds is 2. The Morgan fingerprint density at radius 1 is 1.38 bits per heavy atom. The smallest absolute Gasteiger partial charge is 0.0486 e. The minimum absolute atomic E-state index is 0.210. The summed E-state index contributed by atoms with van der Waals surface area (Å²) in [5.74, 6) is 0. The molecule has 68 valence electrons. The Bertz CT molecular complexity index is 417. The van der Waals surface area contributed by atoms with Gasteiger partial charge in [-0.25, -0.2) is 0 Å². The molecule has 0 aliphatic rings. The molecule has 2 rings (SSSR count). The van der Waals surface area contributed by atoms with Crippen molar-refractivity contribution in [3.05, 3.63) is 41.7 Å². The van der Waals surface area contributed by atoms with E-state index in [1.54, 1.807) is 0 Å². The summed E-state index contributed by atoms with van der Waals surface area (Å²) in [5, 5.41) is 8.91. The van der Waals surface area contributed by atoms with Gasteiger partial charge in [-0.2, -0.15) is 0 Å². The van der Waals surface area contributed by atoms with E-state index in [9.17, 15) is 0 Å². The van der Waals surface area contributed by atoms with Gasteiger partial charge in [0.2, 0.25) is 0 Å². The number of nitrogens with zero attached hydrogens (tertiary/aromatic N) is 1. The number of fused-ring (bicyclic) bond motifs is 1. The Balaban J connectivity index is 2.64. The average molecular weight is 175 g/mol. The average Bonchev–Trinajstić information content (AvgIpc) is 2.44. The third-order valence-electron chi connectivity index (χ3n) is 2.35. The minimum atomic E-state index is 0.210. The number of aliphatic hydroxyl groups is 1. The first-order valence-corrected chi connectivity index (χ1v) is 4.49. The number of hydrogen-bond acceptors (Lipinski definition) is 1. The van der Waals surface area contributed by atoms with Gasteiger partial charge in [-0.3, -0.25) is 0 Å². The Hall–Kier alpha value is -1.28. The third kappa shape index (κ3) is 1.33. The summed E-state index contributed by atoms with van der Waals surface area (Å²) in [6.45, 7) is 2.29. The molecule has 13 heavy (non-hydrogen) atoms. The summed E-state index contributed by atoms with van der Waals surface area (Å²) in [5.41, 5.74) is 3.65. The first-order valence-electron chi connectivity index (χ1n) is 4.49. The highest BCUT2D eigenvalue weighted by Crippen LogP contribution is 2.15. The maximum atomic E-state index is 8.91. The molecule has 0 aromatic carbocycles. The first kappa shape index (κ1) is 8.32. The minimum Gasteiger partial charge on any atom is -0.396 e. The number of pyridine rings is 1. The van der Waals surface area contributed by atoms with Crippen molar-refractivity contribution in [2.45, 2.75) is 13.3 Å². The van der Waals surface area contributed by atoms with Gasteiger partial charge in [0.1, 0.15) is 0 Å². The topological polar surface area (TPSA) is 24.6 Å². The Morgan fingerprint density at radius 3 is 3.00 bits per heavy atom. The number of aromatic nitrogens is 1. The van der Waals surface area contributed by atoms with Gasteiger partial charge in [0.05, 0.1) is 0 Å². The standard InChI is InChI=1S/C11H13NO/c1-9-8-10-4-2-3-6-12(10)11(9)5-7-13/h2-4,6,8,13H,5,7H2,1H3. The highest BCUT2D eigenvalue weighted by molar-refractivity contribution is 5.53. The SMILES string of the molecule is Cc1cc2ccccn2c1CCO. The molecule has 2 nitrogen and oxygen atoms in total. The molecule has 2 aromatic heterocycles. The van der Waals surface area contributed by atoms with E-state index in [2.05, 4.69) is 23.5 Å². The van der Waals surface area contributed by atoms with Crippen molar-refractivity contribution in [3.63, 3.8) is 0 Å². The predicted molar refractivity (Wildman–Crippen MR) is 52.9 cm³/mol. The van der Waals surface area contributed by atoms with Crippen molar-refractivity contribution < 1.29 is 5.11 Å². The molecule has 0 unspecified atom stereocenters. The van der Waals surface area contributed by atoms with Crippen LogP contribution in [0.5, 0.6) is 0 Å². The van der Waals surface area contributed by atoms with Crippen molar-refractivity contribution in [2.24, 2.45) is 0 Å². The molecule has 0 amide bonds. The van der Waals surface area contributed by atoms with Crippen molar-refractivity contribution in [2.75, 3.05) is 6.61 Å². The molecule has 2 aromatic rings. The van der Waals surface area contributed by atoms with E-state index in [0.717, 1.165) is 6.42 Å². The van der Waals surface area contributed by atoms with E-state index in [1.807, 2.05) is 18.3 Å². The zero-order valence-electron chi connectivity index (χ0n) is 7.70. The molecule has 0 aliphatic heterocycles. The lowest BCUT2D eigenvalue weighted by Gasteiger charge is -2.01. The van der Waals surface area contributed by atoms with Crippen molar-refractivity contribution in [1.82, 2.24) is 4.40 Å². The van der Waals surface area contributed by atoms with Crippen LogP contribution >= 0.6 is 0 Å². The van der Waals surface area contributed by atoms with Crippen LogP contribution in [0.2, 0.25) is 0 Å². The second-order valence-electron chi connectivity index (χ2n) is 3.24. The summed E-state index contributed by atoms with van der Waals surface area (Å²) in [6, 6.07) is 8.25. The monoisotopic (exact) mass is 175 g/mol. The summed E-state index contributed by atoms with van der Waals surface area (Å²) < 4.78 is 2.13. The van der Waals surface area contributed by atoms with Gasteiger partial charge in [0, 0.05) is 30.4 Å². The maximum absolute atomic E-state index is 8.91. The van der Waals surface area contributed by atoms with E-state index >= 15 is 0 Å². The van der Waals surface area contributed by atoms with Gasteiger partial charge in [-0.1, -0.05) is 6.07 Å². The summed E-state index contributed by atoms with van der Waals surface area (Å²) in [6.07, 6.45) is 2.76. The fourth-order valence-electron chi connectivity index (χ4n) is 1.74. The molecule has 2 heteroatoms. The largest absolute Gasteiger partial charge is 0.396 e. The highest BCUT2D eigenvalue weighted by Gasteiger charge is 2.04. The molecule has 0 saturated heterocycles. The summed E-state index contributed by atoms with van der Waals surface area (Å²) >= 11 is 0. The van der Waals surface area contributed by atoms with Crippen LogP contribution in [0.4, 0.5) is 0 Å². The van der Waals surface area contributed by atoms with Gasteiger partial charge in [-0.05, 0) is 30.7 Å². The lowest BCUT2D eigenvalue weighted by atomic mass is 10.2. The van der Waals surface area contributed by atoms with Crippen LogP contribution < -0.4 is 0 Å². The fraction of sp³-hybridized carbons (Fsp3) is 0.273. The first-order chi connectivity index (χ1) is 6.33. The predicted octanol–water partition coefficient (Wildman–Crippen LogP) is 1.78. The molecule has 0 spiro atoms. The van der Waals surface area contributed by atoms with Crippen molar-refractivity contribution in [3.8, 4) is 0 Å². The van der Waals surface area contributed by atoms with Crippen LogP contribution in [0.25, 0.3) is 5.52 Å². The summed E-state index contributed by atoms with van der Waals surface area (Å²) in [4.78, 5) is 0. The Kier molecular flexibility index (Phi) is 2.07. The maximum Gasteiger partial charge on any atom is 0.0486 e. The quantitative estimate of drug-likeness (QED) is 0.739. The van der Waals surface area contributed by atoms with Crippen molar-refractivity contribution in [1.29, 1.82) is 0 Å². The Labute approximate surface area is 77.4 Å². The molecule has 0 atom stereocenters. The van der Waals surface area contributed by atoms with Gasteiger partial charge in [-0.15, -0.1) is 0 Å². The van der Waals surface area contributed by atoms with Crippen LogP contribution in [0, 0.1) is 6.92 Å². The van der Waals surface area contributed by atoms with Crippen LogP contribution in [-0.2, 0) is 6.42 Å². The second kappa shape index (κ2) is 3.23. The number of aliphatic hydroxyl groups excluding tert-OH is 1. The highest BCUT2D eigenvalue weighted by atomic mass is 16.3. The lowest BCUT2D eigenvalue weighted by molar-refractivity contribution is 0.297. The Morgan fingerprint density at radius 2 is 2.23 bits per heavy atom. The molecular weight excluding hydrogens is 162 g/mol. The van der Waals surface area contributed by atoms with Crippen LogP contribution in [0.15, 0.2) is 30.5 Å². The van der Waals surface area contributed by atoms with Crippen LogP contribution in [-0.4, -0.2) is 16.1 Å². The van der Waals surface area contributed by atoms with Crippen molar-refractivity contribution >= 4 is 5.52 Å². The molecular formula is C11H13NO. The normalized spacial score (nSPS) is 10.9. The summed E-state index contributed by atoms with van der Waals surface area (Å²) in [7, 11) is 0. The van der Waals surface area contributed by atoms with Gasteiger partial charge < -0.3 is 9.51 Å². The lowest BCUT2D eigenvalue weighted by Crippen LogP contribution is -1.97. The van der Waals surface area contributed by atoms with Crippen LogP contribution in [0.3, 0.4) is 0 Å². The molecule has 0 bridgehead atoms. The molecule has 1 N–H and O–H groups in total. The number of hydrogen-bond donors (Lipinski definition) is 1. The fourth-order valence-corrected chi connectivity index (χ4v) is 1.74. The third-order valence-corrected chi connectivity index (χ3v) is 2.35. The molecule has 0 saturated carbocycles. The van der Waals surface area contributed by atoms with E-state index in [0.29, 0.717) is 0 Å². The van der Waals surface area contributed by atoms with E-state index < -0.39 is 0 Å². The van der Waals surface area contributed by atoms with Gasteiger partial charge in [0.25, 0.3) is 0 Å². The van der Waals surface area contributed by atoms with E-state index in [4.69, 9.17) is 5.11 Å². The van der Waals surface area contributed by atoms with E-state index in [-0.39, 0.29) is 6.61 Å². The molecule has 0 aliphatic carbocycles. The number of aryl methyl sites for hydroxylation is 1. The molecule has 0 radical (unpaired) electrons. The zero-order chi connectivity index (χ0) is 9.26. The second-order valence-corrected chi connectivity index (χ2v) is 3.24. The van der Waals surface area contributed by atoms with Crippen LogP contribution in [0.1, 0.15) is 11.3 Å².